The summed E-state index contributed by atoms with van der Waals surface area (Å²) in [6.07, 6.45) is 6.66. The summed E-state index contributed by atoms with van der Waals surface area (Å²) in [5.41, 5.74) is 4.09. The van der Waals surface area contributed by atoms with E-state index in [2.05, 4.69) is 12.3 Å². The second-order valence-electron chi connectivity index (χ2n) is 1.91. The van der Waals surface area contributed by atoms with Gasteiger partial charge in [0.15, 0.2) is 0 Å². The van der Waals surface area contributed by atoms with Gasteiger partial charge in [-0.2, -0.15) is 0 Å². The lowest BCUT2D eigenvalue weighted by atomic mass is 10.3. The van der Waals surface area contributed by atoms with E-state index in [4.69, 9.17) is 5.84 Å². The van der Waals surface area contributed by atoms with Crippen LogP contribution in [0.5, 0.6) is 0 Å². The predicted molar refractivity (Wildman–Crippen MR) is 36.7 cm³/mol. The van der Waals surface area contributed by atoms with E-state index in [0.29, 0.717) is 0 Å². The molecule has 50 valence electrons. The Morgan fingerprint density at radius 2 is 2.56 bits per heavy atom. The predicted octanol–water partition coefficient (Wildman–Crippen LogP) is 0.488. The fourth-order valence-electron chi connectivity index (χ4n) is 0.689. The maximum Gasteiger partial charge on any atom is 0.0393 e. The lowest BCUT2D eigenvalue weighted by Crippen LogP contribution is -2.39. The van der Waals surface area contributed by atoms with Gasteiger partial charge in [0.2, 0.25) is 0 Å². The SMILES string of the molecule is CCC1=CC=CN(N)N1. The minimum atomic E-state index is 0.984. The molecule has 9 heavy (non-hydrogen) atoms. The normalized spacial score (nSPS) is 17.1. The van der Waals surface area contributed by atoms with Crippen LogP contribution in [0, 0.1) is 0 Å². The van der Waals surface area contributed by atoms with Crippen molar-refractivity contribution in [3.8, 4) is 0 Å². The smallest absolute Gasteiger partial charge is 0.0393 e. The standard InChI is InChI=1S/C6H11N3/c1-2-6-4-3-5-9(7)8-6/h3-5,8H,2,7H2,1H3. The Kier molecular flexibility index (Phi) is 1.75. The van der Waals surface area contributed by atoms with Crippen LogP contribution < -0.4 is 11.3 Å². The van der Waals surface area contributed by atoms with E-state index in [1.165, 1.54) is 5.12 Å². The molecule has 0 saturated heterocycles. The van der Waals surface area contributed by atoms with Gasteiger partial charge in [-0.25, -0.2) is 11.0 Å². The fourth-order valence-corrected chi connectivity index (χ4v) is 0.689. The number of allylic oxidation sites excluding steroid dienone is 3. The van der Waals surface area contributed by atoms with E-state index in [-0.39, 0.29) is 0 Å². The summed E-state index contributed by atoms with van der Waals surface area (Å²) >= 11 is 0. The quantitative estimate of drug-likeness (QED) is 0.501. The average molecular weight is 125 g/mol. The van der Waals surface area contributed by atoms with Crippen molar-refractivity contribution in [2.24, 2.45) is 5.84 Å². The maximum absolute atomic E-state index is 5.40. The van der Waals surface area contributed by atoms with Crippen molar-refractivity contribution in [3.05, 3.63) is 24.0 Å². The van der Waals surface area contributed by atoms with Crippen molar-refractivity contribution in [1.82, 2.24) is 10.5 Å². The van der Waals surface area contributed by atoms with Crippen LogP contribution in [0.25, 0.3) is 0 Å². The molecule has 0 saturated carbocycles. The summed E-state index contributed by atoms with van der Waals surface area (Å²) in [6, 6.07) is 0. The number of hydrogen-bond donors (Lipinski definition) is 2. The van der Waals surface area contributed by atoms with Gasteiger partial charge in [-0.3, -0.25) is 5.43 Å². The zero-order valence-electron chi connectivity index (χ0n) is 5.46. The molecule has 3 N–H and O–H groups in total. The highest BCUT2D eigenvalue weighted by Crippen LogP contribution is 2.00. The Labute approximate surface area is 54.8 Å². The van der Waals surface area contributed by atoms with Crippen LogP contribution in [0.1, 0.15) is 13.3 Å². The molecule has 0 aromatic heterocycles. The highest BCUT2D eigenvalue weighted by molar-refractivity contribution is 5.13. The molecule has 3 nitrogen and oxygen atoms in total. The van der Waals surface area contributed by atoms with Crippen molar-refractivity contribution < 1.29 is 0 Å². The van der Waals surface area contributed by atoms with Gasteiger partial charge in [0.25, 0.3) is 0 Å². The molecule has 0 aromatic carbocycles. The van der Waals surface area contributed by atoms with Crippen molar-refractivity contribution >= 4 is 0 Å². The van der Waals surface area contributed by atoms with E-state index in [1.54, 1.807) is 6.20 Å². The third-order valence-electron chi connectivity index (χ3n) is 1.20. The first kappa shape index (κ1) is 6.16. The van der Waals surface area contributed by atoms with Crippen LogP contribution >= 0.6 is 0 Å². The Morgan fingerprint density at radius 1 is 1.78 bits per heavy atom. The van der Waals surface area contributed by atoms with Gasteiger partial charge >= 0.3 is 0 Å². The van der Waals surface area contributed by atoms with Crippen LogP contribution in [-0.2, 0) is 0 Å². The maximum atomic E-state index is 5.40. The summed E-state index contributed by atoms with van der Waals surface area (Å²) in [5, 5.41) is 1.44. The third kappa shape index (κ3) is 1.47. The van der Waals surface area contributed by atoms with Crippen LogP contribution in [0.15, 0.2) is 24.0 Å². The molecule has 1 rings (SSSR count). The molecule has 3 heteroatoms. The molecular formula is C6H11N3. The Hall–Kier alpha value is -0.960. The van der Waals surface area contributed by atoms with E-state index in [1.807, 2.05) is 12.2 Å². The van der Waals surface area contributed by atoms with Crippen molar-refractivity contribution in [3.63, 3.8) is 0 Å². The second-order valence-corrected chi connectivity index (χ2v) is 1.91. The fraction of sp³-hybridized carbons (Fsp3) is 0.333. The zero-order valence-corrected chi connectivity index (χ0v) is 5.46. The highest BCUT2D eigenvalue weighted by Gasteiger charge is 1.97. The Morgan fingerprint density at radius 3 is 3.00 bits per heavy atom. The minimum Gasteiger partial charge on any atom is -0.289 e. The zero-order chi connectivity index (χ0) is 6.69. The Balaban J connectivity index is 2.55. The lowest BCUT2D eigenvalue weighted by Gasteiger charge is -2.20. The van der Waals surface area contributed by atoms with Gasteiger partial charge in [-0.05, 0) is 18.6 Å². The number of rotatable bonds is 1. The summed E-state index contributed by atoms with van der Waals surface area (Å²) < 4.78 is 0. The minimum absolute atomic E-state index is 0.984. The van der Waals surface area contributed by atoms with Gasteiger partial charge in [0, 0.05) is 11.9 Å². The molecule has 0 radical (unpaired) electrons. The van der Waals surface area contributed by atoms with Crippen molar-refractivity contribution in [1.29, 1.82) is 0 Å². The number of hydrazine groups is 2. The molecule has 0 atom stereocenters. The molecule has 0 unspecified atom stereocenters. The molecule has 1 aliphatic heterocycles. The van der Waals surface area contributed by atoms with Crippen LogP contribution in [0.3, 0.4) is 0 Å². The molecule has 1 heterocycles. The van der Waals surface area contributed by atoms with Crippen LogP contribution in [0.4, 0.5) is 0 Å². The second kappa shape index (κ2) is 2.55. The number of nitrogens with two attached hydrogens (primary N) is 1. The third-order valence-corrected chi connectivity index (χ3v) is 1.20. The van der Waals surface area contributed by atoms with Crippen LogP contribution in [-0.4, -0.2) is 5.12 Å². The number of nitrogens with zero attached hydrogens (tertiary/aromatic N) is 1. The lowest BCUT2D eigenvalue weighted by molar-refractivity contribution is 0.306. The van der Waals surface area contributed by atoms with Crippen molar-refractivity contribution in [2.45, 2.75) is 13.3 Å². The van der Waals surface area contributed by atoms with Crippen LogP contribution in [0.2, 0.25) is 0 Å². The van der Waals surface area contributed by atoms with E-state index in [9.17, 15) is 0 Å². The van der Waals surface area contributed by atoms with Gasteiger partial charge < -0.3 is 0 Å². The average Bonchev–Trinajstić information content (AvgIpc) is 1.88. The summed E-state index contributed by atoms with van der Waals surface area (Å²) in [5.74, 6) is 5.40. The first-order valence-electron chi connectivity index (χ1n) is 3.01. The van der Waals surface area contributed by atoms with Gasteiger partial charge in [-0.15, -0.1) is 0 Å². The van der Waals surface area contributed by atoms with Gasteiger partial charge in [0.1, 0.15) is 0 Å². The van der Waals surface area contributed by atoms with Gasteiger partial charge in [0.05, 0.1) is 0 Å². The number of nitrogens with one attached hydrogen (secondary N) is 1. The molecular weight excluding hydrogens is 114 g/mol. The van der Waals surface area contributed by atoms with Gasteiger partial charge in [-0.1, -0.05) is 6.92 Å². The van der Waals surface area contributed by atoms with E-state index < -0.39 is 0 Å². The summed E-state index contributed by atoms with van der Waals surface area (Å²) in [6.45, 7) is 2.08. The summed E-state index contributed by atoms with van der Waals surface area (Å²) in [7, 11) is 0. The molecule has 1 aliphatic rings. The highest BCUT2D eigenvalue weighted by atomic mass is 15.7. The molecule has 0 amide bonds. The molecule has 0 aliphatic carbocycles. The first-order valence-corrected chi connectivity index (χ1v) is 3.01. The van der Waals surface area contributed by atoms with E-state index in [0.717, 1.165) is 12.1 Å². The summed E-state index contributed by atoms with van der Waals surface area (Å²) in [4.78, 5) is 0. The topological polar surface area (TPSA) is 41.3 Å². The molecule has 0 fully saturated rings. The van der Waals surface area contributed by atoms with E-state index >= 15 is 0 Å². The molecule has 0 aromatic rings. The molecule has 0 bridgehead atoms. The Bertz CT molecular complexity index is 148. The largest absolute Gasteiger partial charge is 0.289 e. The molecule has 0 spiro atoms. The monoisotopic (exact) mass is 125 g/mol. The van der Waals surface area contributed by atoms with Crippen molar-refractivity contribution in [2.75, 3.05) is 0 Å². The number of hydrogen-bond acceptors (Lipinski definition) is 3. The first-order chi connectivity index (χ1) is 4.33.